The predicted octanol–water partition coefficient (Wildman–Crippen LogP) is 4.29. The lowest BCUT2D eigenvalue weighted by atomic mass is 9.95. The Morgan fingerprint density at radius 1 is 1.26 bits per heavy atom. The highest BCUT2D eigenvalue weighted by Crippen LogP contribution is 2.40. The maximum Gasteiger partial charge on any atom is 0.536 e. The molecule has 0 bridgehead atoms. The number of piperidine rings is 1. The fourth-order valence-corrected chi connectivity index (χ4v) is 6.14. The summed E-state index contributed by atoms with van der Waals surface area (Å²) in [5.74, 6) is 0.321. The fourth-order valence-electron chi connectivity index (χ4n) is 6.14. The van der Waals surface area contributed by atoms with Gasteiger partial charge in [0, 0.05) is 73.2 Å². The van der Waals surface area contributed by atoms with Gasteiger partial charge in [-0.15, -0.1) is 4.48 Å². The van der Waals surface area contributed by atoms with Crippen LogP contribution in [0, 0.1) is 31.1 Å². The van der Waals surface area contributed by atoms with E-state index in [0.717, 1.165) is 44.0 Å². The number of carbonyl (C=O) groups excluding carboxylic acids is 1. The number of nitrogen functional groups attached to an aromatic ring is 1. The second kappa shape index (κ2) is 11.0. The van der Waals surface area contributed by atoms with Crippen molar-refractivity contribution < 1.29 is 23.4 Å². The maximum atomic E-state index is 15.6. The first-order valence-electron chi connectivity index (χ1n) is 14.3. The molecule has 3 N–H and O–H groups in total. The van der Waals surface area contributed by atoms with Crippen LogP contribution in [0.4, 0.5) is 26.4 Å². The zero-order chi connectivity index (χ0) is 29.6. The van der Waals surface area contributed by atoms with Crippen molar-refractivity contribution in [2.45, 2.75) is 38.8 Å². The van der Waals surface area contributed by atoms with Gasteiger partial charge in [-0.1, -0.05) is 13.3 Å². The molecule has 0 saturated carbocycles. The van der Waals surface area contributed by atoms with Crippen LogP contribution in [0.3, 0.4) is 0 Å². The molecule has 42 heavy (non-hydrogen) atoms. The second-order valence-electron chi connectivity index (χ2n) is 11.5. The number of ether oxygens (including phenoxy) is 3. The van der Waals surface area contributed by atoms with Crippen LogP contribution in [0.5, 0.6) is 5.88 Å². The summed E-state index contributed by atoms with van der Waals surface area (Å²) >= 11 is 0. The number of rotatable bonds is 4. The monoisotopic (exact) mass is 575 g/mol. The molecule has 5 heterocycles. The highest BCUT2D eigenvalue weighted by atomic mass is 19.1. The number of halogens is 1. The largest absolute Gasteiger partial charge is 0.536 e. The molecule has 2 unspecified atom stereocenters. The number of nitrogens with one attached hydrogen (secondary N) is 1. The van der Waals surface area contributed by atoms with Crippen LogP contribution in [0.1, 0.15) is 25.3 Å². The van der Waals surface area contributed by atoms with Gasteiger partial charge in [0.05, 0.1) is 19.3 Å². The van der Waals surface area contributed by atoms with Gasteiger partial charge in [-0.2, -0.15) is 4.79 Å². The van der Waals surface area contributed by atoms with Crippen molar-refractivity contribution in [3.63, 3.8) is 0 Å². The molecule has 1 amide bonds. The summed E-state index contributed by atoms with van der Waals surface area (Å²) in [7, 11) is 1.57. The first kappa shape index (κ1) is 28.2. The molecule has 6 rings (SSSR count). The van der Waals surface area contributed by atoms with Crippen LogP contribution in [0.15, 0.2) is 24.5 Å². The molecule has 0 aliphatic carbocycles. The molecule has 10 nitrogen and oxygen atoms in total. The standard InChI is InChI=1S/C31H36FN6O4/c1-5-38(4,31(39)42-25-6-9-37(16-18(25)2)21-7-10-40-17-21)26-13-20-12-22(27(32)28(33)24(20)15-35-26)23-14-36-30-29(19(23)3)34-8-11-41-30/h1,12-15,18,21,25,34H,6-11,16-17,33H2,2-4H3/q+1/t18-,21?,25+,38?/m0/s1. The van der Waals surface area contributed by atoms with Gasteiger partial charge in [-0.3, -0.25) is 4.90 Å². The number of quaternary nitrogens is 1. The van der Waals surface area contributed by atoms with E-state index in [1.54, 1.807) is 25.4 Å². The van der Waals surface area contributed by atoms with Crippen molar-refractivity contribution in [2.24, 2.45) is 5.92 Å². The first-order valence-corrected chi connectivity index (χ1v) is 14.3. The summed E-state index contributed by atoms with van der Waals surface area (Å²) in [6.07, 6.45) is 9.86. The minimum Gasteiger partial charge on any atom is -0.474 e. The number of terminal acetylenes is 1. The second-order valence-corrected chi connectivity index (χ2v) is 11.5. The van der Waals surface area contributed by atoms with E-state index in [9.17, 15) is 4.79 Å². The molecule has 0 radical (unpaired) electrons. The van der Waals surface area contributed by atoms with E-state index in [2.05, 4.69) is 33.2 Å². The van der Waals surface area contributed by atoms with Gasteiger partial charge in [0.25, 0.3) is 5.82 Å². The summed E-state index contributed by atoms with van der Waals surface area (Å²) < 4.78 is 32.2. The lowest BCUT2D eigenvalue weighted by molar-refractivity contribution is -0.00614. The summed E-state index contributed by atoms with van der Waals surface area (Å²) in [4.78, 5) is 24.9. The quantitative estimate of drug-likeness (QED) is 0.267. The van der Waals surface area contributed by atoms with E-state index >= 15 is 4.39 Å². The van der Waals surface area contributed by atoms with Crippen molar-refractivity contribution in [3.05, 3.63) is 35.9 Å². The third-order valence-electron chi connectivity index (χ3n) is 8.83. The van der Waals surface area contributed by atoms with E-state index in [0.29, 0.717) is 47.8 Å². The summed E-state index contributed by atoms with van der Waals surface area (Å²) in [6, 6.07) is 6.34. The Morgan fingerprint density at radius 3 is 2.83 bits per heavy atom. The average molecular weight is 576 g/mol. The Labute approximate surface area is 244 Å². The number of nitrogens with zero attached hydrogens (tertiary/aromatic N) is 4. The summed E-state index contributed by atoms with van der Waals surface area (Å²) in [5, 5.41) is 4.28. The third-order valence-corrected chi connectivity index (χ3v) is 8.83. The molecular weight excluding hydrogens is 539 g/mol. The molecule has 3 aliphatic rings. The Kier molecular flexibility index (Phi) is 7.39. The number of aromatic nitrogens is 2. The number of fused-ring (bicyclic) bond motifs is 2. The first-order chi connectivity index (χ1) is 20.2. The SMILES string of the molecule is C#C[N+](C)(C(=O)O[C@@H]1CCN(C2CCOC2)C[C@@H]1C)c1cc2cc(-c3cnc4c(c3C)NCCO4)c(F)c(N)c2cn1. The highest BCUT2D eigenvalue weighted by Gasteiger charge is 2.42. The van der Waals surface area contributed by atoms with Crippen molar-refractivity contribution in [1.29, 1.82) is 0 Å². The number of amides is 1. The average Bonchev–Trinajstić information content (AvgIpc) is 3.55. The lowest BCUT2D eigenvalue weighted by Gasteiger charge is -2.39. The summed E-state index contributed by atoms with van der Waals surface area (Å²) in [6.45, 7) is 8.30. The number of hydrogen-bond donors (Lipinski definition) is 2. The molecule has 0 spiro atoms. The third kappa shape index (κ3) is 4.79. The van der Waals surface area contributed by atoms with Crippen LogP contribution in [-0.4, -0.2) is 79.6 Å². The number of nitrogens with two attached hydrogens (primary N) is 1. The Morgan fingerprint density at radius 2 is 2.10 bits per heavy atom. The van der Waals surface area contributed by atoms with E-state index in [-0.39, 0.29) is 29.1 Å². The molecular formula is C31H36FN6O4+. The minimum absolute atomic E-state index is 0.0476. The molecule has 3 aromatic rings. The van der Waals surface area contributed by atoms with Gasteiger partial charge in [0.1, 0.15) is 18.4 Å². The zero-order valence-electron chi connectivity index (χ0n) is 24.2. The fraction of sp³-hybridized carbons (Fsp3) is 0.452. The van der Waals surface area contributed by atoms with Gasteiger partial charge in [-0.25, -0.2) is 14.4 Å². The number of likely N-dealkylation sites (tertiary alicyclic amines) is 1. The van der Waals surface area contributed by atoms with Gasteiger partial charge in [0.15, 0.2) is 11.9 Å². The molecule has 220 valence electrons. The smallest absolute Gasteiger partial charge is 0.474 e. The maximum absolute atomic E-state index is 15.6. The minimum atomic E-state index is -0.618. The molecule has 2 aromatic heterocycles. The number of anilines is 2. The van der Waals surface area contributed by atoms with Crippen molar-refractivity contribution in [1.82, 2.24) is 19.4 Å². The van der Waals surface area contributed by atoms with Crippen molar-refractivity contribution >= 4 is 34.1 Å². The van der Waals surface area contributed by atoms with E-state index in [1.807, 2.05) is 6.92 Å². The van der Waals surface area contributed by atoms with Crippen molar-refractivity contribution in [2.75, 3.05) is 57.6 Å². The topological polar surface area (TPSA) is 112 Å². The Balaban J connectivity index is 1.29. The Bertz CT molecular complexity index is 1590. The molecule has 4 atom stereocenters. The molecule has 2 saturated heterocycles. The van der Waals surface area contributed by atoms with Gasteiger partial charge < -0.3 is 25.3 Å². The number of benzene rings is 1. The normalized spacial score (nSPS) is 23.7. The molecule has 11 heteroatoms. The van der Waals surface area contributed by atoms with Crippen LogP contribution in [-0.2, 0) is 9.47 Å². The van der Waals surface area contributed by atoms with E-state index in [1.165, 1.54) is 6.20 Å². The highest BCUT2D eigenvalue weighted by molar-refractivity contribution is 5.99. The molecule has 1 aromatic carbocycles. The van der Waals surface area contributed by atoms with Crippen LogP contribution in [0.2, 0.25) is 0 Å². The van der Waals surface area contributed by atoms with Crippen LogP contribution in [0.25, 0.3) is 21.9 Å². The molecule has 2 fully saturated rings. The number of hydrogen-bond acceptors (Lipinski definition) is 9. The van der Waals surface area contributed by atoms with E-state index in [4.69, 9.17) is 26.4 Å². The van der Waals surface area contributed by atoms with Crippen LogP contribution < -0.4 is 20.3 Å². The van der Waals surface area contributed by atoms with Gasteiger partial charge in [-0.05, 0) is 36.8 Å². The van der Waals surface area contributed by atoms with Gasteiger partial charge >= 0.3 is 6.09 Å². The number of pyridine rings is 2. The van der Waals surface area contributed by atoms with Gasteiger partial charge in [0.2, 0.25) is 5.88 Å². The lowest BCUT2D eigenvalue weighted by Crippen LogP contribution is -2.52. The van der Waals surface area contributed by atoms with E-state index < -0.39 is 16.4 Å². The van der Waals surface area contributed by atoms with Crippen LogP contribution >= 0.6 is 0 Å². The Hall–Kier alpha value is -3.98. The molecule has 3 aliphatic heterocycles. The van der Waals surface area contributed by atoms with Crippen molar-refractivity contribution in [3.8, 4) is 29.5 Å². The predicted molar refractivity (Wildman–Crippen MR) is 159 cm³/mol. The summed E-state index contributed by atoms with van der Waals surface area (Å²) in [5.41, 5.74) is 8.59. The zero-order valence-corrected chi connectivity index (χ0v) is 24.2. The number of carbonyl (C=O) groups is 1.